The summed E-state index contributed by atoms with van der Waals surface area (Å²) < 4.78 is 4.95. The number of carbonyl (C=O) groups is 1. The van der Waals surface area contributed by atoms with Crippen LogP contribution in [0.15, 0.2) is 12.7 Å². The van der Waals surface area contributed by atoms with Crippen molar-refractivity contribution >= 4 is 6.09 Å². The minimum atomic E-state index is -0.329. The molecule has 0 radical (unpaired) electrons. The summed E-state index contributed by atoms with van der Waals surface area (Å²) >= 11 is 0. The van der Waals surface area contributed by atoms with E-state index < -0.39 is 0 Å². The SMILES string of the molecule is C=C[C@H]1C[C@@H](C(C)C)NC(=O)O1. The number of hydrogen-bond donors (Lipinski definition) is 1. The predicted molar refractivity (Wildman–Crippen MR) is 46.8 cm³/mol. The van der Waals surface area contributed by atoms with E-state index >= 15 is 0 Å². The van der Waals surface area contributed by atoms with Crippen LogP contribution in [0.2, 0.25) is 0 Å². The van der Waals surface area contributed by atoms with Crippen LogP contribution < -0.4 is 5.32 Å². The molecule has 1 fully saturated rings. The van der Waals surface area contributed by atoms with Gasteiger partial charge in [0.1, 0.15) is 6.10 Å². The van der Waals surface area contributed by atoms with Gasteiger partial charge in [-0.1, -0.05) is 26.5 Å². The van der Waals surface area contributed by atoms with Gasteiger partial charge in [0.25, 0.3) is 0 Å². The highest BCUT2D eigenvalue weighted by Gasteiger charge is 2.27. The predicted octanol–water partition coefficient (Wildman–Crippen LogP) is 1.70. The van der Waals surface area contributed by atoms with Crippen LogP contribution >= 0.6 is 0 Å². The van der Waals surface area contributed by atoms with Gasteiger partial charge in [0, 0.05) is 12.5 Å². The second kappa shape index (κ2) is 3.61. The molecular weight excluding hydrogens is 154 g/mol. The van der Waals surface area contributed by atoms with Crippen LogP contribution in [0.5, 0.6) is 0 Å². The number of rotatable bonds is 2. The average molecular weight is 169 g/mol. The molecule has 3 heteroatoms. The molecule has 0 aromatic heterocycles. The van der Waals surface area contributed by atoms with Crippen LogP contribution in [0.3, 0.4) is 0 Å². The third kappa shape index (κ3) is 2.00. The molecule has 1 amide bonds. The smallest absolute Gasteiger partial charge is 0.407 e. The van der Waals surface area contributed by atoms with Crippen molar-refractivity contribution in [1.29, 1.82) is 0 Å². The maximum Gasteiger partial charge on any atom is 0.407 e. The number of hydrogen-bond acceptors (Lipinski definition) is 2. The molecule has 12 heavy (non-hydrogen) atoms. The van der Waals surface area contributed by atoms with Gasteiger partial charge < -0.3 is 10.1 Å². The van der Waals surface area contributed by atoms with Gasteiger partial charge in [-0.05, 0) is 5.92 Å². The number of ether oxygens (including phenoxy) is 1. The lowest BCUT2D eigenvalue weighted by Gasteiger charge is -2.30. The summed E-state index contributed by atoms with van der Waals surface area (Å²) in [7, 11) is 0. The Bertz CT molecular complexity index is 189. The van der Waals surface area contributed by atoms with Crippen LogP contribution in [0.1, 0.15) is 20.3 Å². The standard InChI is InChI=1S/C9H15NO2/c1-4-7-5-8(6(2)3)10-9(11)12-7/h4,6-8H,1,5H2,2-3H3,(H,10,11)/t7-,8-/m0/s1. The zero-order valence-corrected chi connectivity index (χ0v) is 7.54. The zero-order chi connectivity index (χ0) is 9.14. The van der Waals surface area contributed by atoms with Crippen LogP contribution in [0, 0.1) is 5.92 Å². The van der Waals surface area contributed by atoms with Crippen molar-refractivity contribution in [2.45, 2.75) is 32.4 Å². The second-order valence-corrected chi connectivity index (χ2v) is 3.41. The van der Waals surface area contributed by atoms with E-state index in [2.05, 4.69) is 25.7 Å². The summed E-state index contributed by atoms with van der Waals surface area (Å²) in [5.41, 5.74) is 0. The molecule has 0 aliphatic carbocycles. The zero-order valence-electron chi connectivity index (χ0n) is 7.54. The molecule has 1 rings (SSSR count). The molecule has 0 spiro atoms. The first kappa shape index (κ1) is 9.10. The molecule has 0 bridgehead atoms. The molecule has 0 aromatic rings. The molecule has 68 valence electrons. The van der Waals surface area contributed by atoms with Gasteiger partial charge in [-0.3, -0.25) is 0 Å². The first-order valence-electron chi connectivity index (χ1n) is 4.23. The second-order valence-electron chi connectivity index (χ2n) is 3.41. The third-order valence-electron chi connectivity index (χ3n) is 2.12. The fraction of sp³-hybridized carbons (Fsp3) is 0.667. The Morgan fingerprint density at radius 2 is 2.42 bits per heavy atom. The number of alkyl carbamates (subject to hydrolysis) is 1. The van der Waals surface area contributed by atoms with Crippen molar-refractivity contribution in [3.8, 4) is 0 Å². The topological polar surface area (TPSA) is 38.3 Å². The van der Waals surface area contributed by atoms with E-state index in [0.29, 0.717) is 5.92 Å². The van der Waals surface area contributed by atoms with Crippen molar-refractivity contribution in [1.82, 2.24) is 5.32 Å². The summed E-state index contributed by atoms with van der Waals surface area (Å²) in [6.07, 6.45) is 2.05. The van der Waals surface area contributed by atoms with E-state index in [0.717, 1.165) is 6.42 Å². The molecule has 1 aliphatic heterocycles. The highest BCUT2D eigenvalue weighted by atomic mass is 16.6. The molecule has 0 saturated carbocycles. The molecule has 2 atom stereocenters. The van der Waals surface area contributed by atoms with Crippen molar-refractivity contribution in [2.24, 2.45) is 5.92 Å². The first-order valence-corrected chi connectivity index (χ1v) is 4.23. The van der Waals surface area contributed by atoms with Gasteiger partial charge in [0.05, 0.1) is 0 Å². The Labute approximate surface area is 72.8 Å². The summed E-state index contributed by atoms with van der Waals surface area (Å²) in [5.74, 6) is 0.445. The quantitative estimate of drug-likeness (QED) is 0.639. The molecule has 0 aromatic carbocycles. The fourth-order valence-corrected chi connectivity index (χ4v) is 1.26. The lowest BCUT2D eigenvalue weighted by molar-refractivity contribution is 0.0744. The Hall–Kier alpha value is -0.990. The van der Waals surface area contributed by atoms with Crippen LogP contribution in [-0.2, 0) is 4.74 Å². The summed E-state index contributed by atoms with van der Waals surface area (Å²) in [6, 6.07) is 0.217. The molecule has 1 saturated heterocycles. The van der Waals surface area contributed by atoms with Crippen molar-refractivity contribution in [2.75, 3.05) is 0 Å². The van der Waals surface area contributed by atoms with E-state index in [9.17, 15) is 4.79 Å². The number of amides is 1. The summed E-state index contributed by atoms with van der Waals surface area (Å²) in [4.78, 5) is 11.0. The monoisotopic (exact) mass is 169 g/mol. The van der Waals surface area contributed by atoms with Gasteiger partial charge in [-0.2, -0.15) is 0 Å². The maximum absolute atomic E-state index is 11.0. The van der Waals surface area contributed by atoms with Crippen LogP contribution in [0.4, 0.5) is 4.79 Å². The third-order valence-corrected chi connectivity index (χ3v) is 2.12. The normalized spacial score (nSPS) is 29.4. The van der Waals surface area contributed by atoms with Crippen LogP contribution in [0.25, 0.3) is 0 Å². The minimum Gasteiger partial charge on any atom is -0.442 e. The van der Waals surface area contributed by atoms with Gasteiger partial charge >= 0.3 is 6.09 Å². The molecule has 3 nitrogen and oxygen atoms in total. The average Bonchev–Trinajstić information content (AvgIpc) is 2.03. The van der Waals surface area contributed by atoms with E-state index in [1.807, 2.05) is 0 Å². The van der Waals surface area contributed by atoms with Gasteiger partial charge in [-0.25, -0.2) is 4.79 Å². The molecular formula is C9H15NO2. The van der Waals surface area contributed by atoms with Crippen molar-refractivity contribution in [3.63, 3.8) is 0 Å². The molecule has 1 N–H and O–H groups in total. The highest BCUT2D eigenvalue weighted by molar-refractivity contribution is 5.68. The summed E-state index contributed by atoms with van der Waals surface area (Å²) in [5, 5.41) is 2.77. The first-order chi connectivity index (χ1) is 5.63. The lowest BCUT2D eigenvalue weighted by atomic mass is 9.97. The van der Waals surface area contributed by atoms with E-state index in [1.54, 1.807) is 6.08 Å². The van der Waals surface area contributed by atoms with Crippen LogP contribution in [-0.4, -0.2) is 18.2 Å². The lowest BCUT2D eigenvalue weighted by Crippen LogP contribution is -2.47. The fourth-order valence-electron chi connectivity index (χ4n) is 1.26. The highest BCUT2D eigenvalue weighted by Crippen LogP contribution is 2.16. The Kier molecular flexibility index (Phi) is 2.74. The minimum absolute atomic E-state index is 0.119. The van der Waals surface area contributed by atoms with Gasteiger partial charge in [-0.15, -0.1) is 0 Å². The Balaban J connectivity index is 2.56. The number of carbonyl (C=O) groups excluding carboxylic acids is 1. The van der Waals surface area contributed by atoms with Gasteiger partial charge in [0.2, 0.25) is 0 Å². The molecule has 1 heterocycles. The van der Waals surface area contributed by atoms with E-state index in [-0.39, 0.29) is 18.2 Å². The number of cyclic esters (lactones) is 1. The largest absolute Gasteiger partial charge is 0.442 e. The molecule has 0 unspecified atom stereocenters. The van der Waals surface area contributed by atoms with Crippen molar-refractivity contribution < 1.29 is 9.53 Å². The Morgan fingerprint density at radius 1 is 1.75 bits per heavy atom. The van der Waals surface area contributed by atoms with Crippen molar-refractivity contribution in [3.05, 3.63) is 12.7 Å². The van der Waals surface area contributed by atoms with Gasteiger partial charge in [0.15, 0.2) is 0 Å². The maximum atomic E-state index is 11.0. The summed E-state index contributed by atoms with van der Waals surface area (Å²) in [6.45, 7) is 7.77. The molecule has 1 aliphatic rings. The number of nitrogens with one attached hydrogen (secondary N) is 1. The van der Waals surface area contributed by atoms with E-state index in [1.165, 1.54) is 0 Å². The van der Waals surface area contributed by atoms with E-state index in [4.69, 9.17) is 4.74 Å². The Morgan fingerprint density at radius 3 is 2.92 bits per heavy atom.